The second kappa shape index (κ2) is 6.80. The lowest BCUT2D eigenvalue weighted by molar-refractivity contribution is -0.119. The normalized spacial score (nSPS) is 12.7. The lowest BCUT2D eigenvalue weighted by atomic mass is 10.2. The van der Waals surface area contributed by atoms with Crippen molar-refractivity contribution in [1.82, 2.24) is 0 Å². The highest BCUT2D eigenvalue weighted by molar-refractivity contribution is 6.31. The van der Waals surface area contributed by atoms with Gasteiger partial charge in [-0.15, -0.1) is 0 Å². The topological polar surface area (TPSA) is 76.7 Å². The fraction of sp³-hybridized carbons (Fsp3) is 0.176. The summed E-state index contributed by atoms with van der Waals surface area (Å²) in [6.07, 6.45) is 0. The average molecular weight is 347 g/mol. The van der Waals surface area contributed by atoms with E-state index in [-0.39, 0.29) is 25.0 Å². The molecule has 1 aliphatic heterocycles. The summed E-state index contributed by atoms with van der Waals surface area (Å²) in [5, 5.41) is 5.97. The van der Waals surface area contributed by atoms with Crippen LogP contribution in [0, 0.1) is 6.92 Å². The summed E-state index contributed by atoms with van der Waals surface area (Å²) < 4.78 is 10.7. The van der Waals surface area contributed by atoms with Crippen molar-refractivity contribution in [2.45, 2.75) is 6.92 Å². The average Bonchev–Trinajstić information content (AvgIpc) is 2.56. The van der Waals surface area contributed by atoms with E-state index < -0.39 is 0 Å². The Morgan fingerprint density at radius 2 is 2.17 bits per heavy atom. The number of rotatable bonds is 4. The molecule has 1 heterocycles. The van der Waals surface area contributed by atoms with Gasteiger partial charge in [0, 0.05) is 16.8 Å². The Kier molecular flexibility index (Phi) is 4.57. The van der Waals surface area contributed by atoms with Crippen LogP contribution in [0.5, 0.6) is 11.5 Å². The molecule has 6 nitrogen and oxygen atoms in total. The molecular formula is C17H15ClN2O4. The van der Waals surface area contributed by atoms with E-state index in [1.165, 1.54) is 0 Å². The molecule has 0 saturated carbocycles. The van der Waals surface area contributed by atoms with Gasteiger partial charge in [0.2, 0.25) is 0 Å². The molecule has 0 aliphatic carbocycles. The smallest absolute Gasteiger partial charge is 0.262 e. The quantitative estimate of drug-likeness (QED) is 0.892. The predicted molar refractivity (Wildman–Crippen MR) is 90.9 cm³/mol. The zero-order chi connectivity index (χ0) is 17.1. The first-order valence-electron chi connectivity index (χ1n) is 7.27. The van der Waals surface area contributed by atoms with Crippen molar-refractivity contribution in [2.24, 2.45) is 0 Å². The van der Waals surface area contributed by atoms with Gasteiger partial charge in [-0.2, -0.15) is 0 Å². The number of aryl methyl sites for hydroxylation is 1. The van der Waals surface area contributed by atoms with Gasteiger partial charge in [0.25, 0.3) is 11.8 Å². The largest absolute Gasteiger partial charge is 0.484 e. The number of carbonyl (C=O) groups excluding carboxylic acids is 2. The molecule has 0 radical (unpaired) electrons. The zero-order valence-corrected chi connectivity index (χ0v) is 13.6. The number of halogens is 1. The van der Waals surface area contributed by atoms with Gasteiger partial charge < -0.3 is 20.1 Å². The summed E-state index contributed by atoms with van der Waals surface area (Å²) >= 11 is 5.92. The van der Waals surface area contributed by atoms with Crippen molar-refractivity contribution in [1.29, 1.82) is 0 Å². The molecule has 0 unspecified atom stereocenters. The van der Waals surface area contributed by atoms with Crippen molar-refractivity contribution in [3.63, 3.8) is 0 Å². The summed E-state index contributed by atoms with van der Waals surface area (Å²) in [5.74, 6) is 0.491. The molecule has 0 fully saturated rings. The Balaban J connectivity index is 1.61. The Morgan fingerprint density at radius 1 is 1.33 bits per heavy atom. The minimum atomic E-state index is -0.307. The minimum Gasteiger partial charge on any atom is -0.484 e. The maximum absolute atomic E-state index is 12.0. The molecule has 0 bridgehead atoms. The maximum atomic E-state index is 12.0. The molecule has 2 aromatic rings. The van der Waals surface area contributed by atoms with E-state index in [4.69, 9.17) is 21.1 Å². The Morgan fingerprint density at radius 3 is 3.00 bits per heavy atom. The number of ether oxygens (including phenoxy) is 2. The molecule has 124 valence electrons. The summed E-state index contributed by atoms with van der Waals surface area (Å²) in [7, 11) is 0. The first kappa shape index (κ1) is 16.1. The molecule has 2 aromatic carbocycles. The molecule has 7 heteroatoms. The van der Waals surface area contributed by atoms with Crippen molar-refractivity contribution in [2.75, 3.05) is 23.8 Å². The SMILES string of the molecule is Cc1ccc(Cl)cc1NC(=O)COc1ccc2c(c1)NC(=O)CO2. The molecule has 2 amide bonds. The number of hydrogen-bond acceptors (Lipinski definition) is 4. The van der Waals surface area contributed by atoms with E-state index in [2.05, 4.69) is 10.6 Å². The molecule has 24 heavy (non-hydrogen) atoms. The van der Waals surface area contributed by atoms with Crippen LogP contribution in [0.4, 0.5) is 11.4 Å². The third-order valence-electron chi connectivity index (χ3n) is 3.43. The van der Waals surface area contributed by atoms with Crippen molar-refractivity contribution in [3.8, 4) is 11.5 Å². The Bertz CT molecular complexity index is 807. The van der Waals surface area contributed by atoms with Gasteiger partial charge in [-0.1, -0.05) is 17.7 Å². The third kappa shape index (κ3) is 3.78. The number of anilines is 2. The molecule has 0 atom stereocenters. The number of hydrogen-bond donors (Lipinski definition) is 2. The van der Waals surface area contributed by atoms with Gasteiger partial charge in [0.05, 0.1) is 5.69 Å². The lowest BCUT2D eigenvalue weighted by Gasteiger charge is -2.18. The standard InChI is InChI=1S/C17H15ClN2O4/c1-10-2-3-11(18)6-13(10)19-16(21)8-23-12-4-5-15-14(7-12)20-17(22)9-24-15/h2-7H,8-9H2,1H3,(H,19,21)(H,20,22). The molecule has 1 aliphatic rings. The van der Waals surface area contributed by atoms with E-state index in [1.807, 2.05) is 13.0 Å². The first-order chi connectivity index (χ1) is 11.5. The van der Waals surface area contributed by atoms with Crippen LogP contribution < -0.4 is 20.1 Å². The van der Waals surface area contributed by atoms with Crippen LogP contribution in [-0.4, -0.2) is 25.0 Å². The monoisotopic (exact) mass is 346 g/mol. The van der Waals surface area contributed by atoms with Crippen molar-refractivity contribution >= 4 is 34.8 Å². The Labute approximate surface area is 143 Å². The minimum absolute atomic E-state index is 0.00536. The third-order valence-corrected chi connectivity index (χ3v) is 3.66. The van der Waals surface area contributed by atoms with Gasteiger partial charge in [0.1, 0.15) is 11.5 Å². The highest BCUT2D eigenvalue weighted by Gasteiger charge is 2.16. The fourth-order valence-corrected chi connectivity index (χ4v) is 2.39. The molecular weight excluding hydrogens is 332 g/mol. The second-order valence-corrected chi connectivity index (χ2v) is 5.73. The summed E-state index contributed by atoms with van der Waals surface area (Å²) in [6, 6.07) is 10.2. The number of benzene rings is 2. The number of amides is 2. The van der Waals surface area contributed by atoms with Gasteiger partial charge >= 0.3 is 0 Å². The van der Waals surface area contributed by atoms with Gasteiger partial charge in [0.15, 0.2) is 13.2 Å². The predicted octanol–water partition coefficient (Wildman–Crippen LogP) is 3.00. The van der Waals surface area contributed by atoms with Crippen molar-refractivity contribution < 1.29 is 19.1 Å². The molecule has 0 aromatic heterocycles. The number of fused-ring (bicyclic) bond motifs is 1. The van der Waals surface area contributed by atoms with Crippen LogP contribution >= 0.6 is 11.6 Å². The van der Waals surface area contributed by atoms with Crippen LogP contribution in [0.25, 0.3) is 0 Å². The molecule has 2 N–H and O–H groups in total. The fourth-order valence-electron chi connectivity index (χ4n) is 2.22. The van der Waals surface area contributed by atoms with Crippen LogP contribution in [0.2, 0.25) is 5.02 Å². The number of carbonyl (C=O) groups is 2. The molecule has 0 saturated heterocycles. The maximum Gasteiger partial charge on any atom is 0.262 e. The van der Waals surface area contributed by atoms with Crippen LogP contribution in [0.3, 0.4) is 0 Å². The van der Waals surface area contributed by atoms with Crippen LogP contribution in [0.1, 0.15) is 5.56 Å². The zero-order valence-electron chi connectivity index (χ0n) is 12.9. The summed E-state index contributed by atoms with van der Waals surface area (Å²) in [5.41, 5.74) is 2.07. The molecule has 3 rings (SSSR count). The summed E-state index contributed by atoms with van der Waals surface area (Å²) in [6.45, 7) is 1.70. The van der Waals surface area contributed by atoms with Crippen LogP contribution in [-0.2, 0) is 9.59 Å². The first-order valence-corrected chi connectivity index (χ1v) is 7.64. The van der Waals surface area contributed by atoms with Crippen LogP contribution in [0.15, 0.2) is 36.4 Å². The van der Waals surface area contributed by atoms with E-state index in [1.54, 1.807) is 30.3 Å². The van der Waals surface area contributed by atoms with Gasteiger partial charge in [-0.3, -0.25) is 9.59 Å². The van der Waals surface area contributed by atoms with E-state index in [0.29, 0.717) is 27.9 Å². The summed E-state index contributed by atoms with van der Waals surface area (Å²) in [4.78, 5) is 23.3. The highest BCUT2D eigenvalue weighted by atomic mass is 35.5. The second-order valence-electron chi connectivity index (χ2n) is 5.29. The number of nitrogens with one attached hydrogen (secondary N) is 2. The van der Waals surface area contributed by atoms with E-state index in [9.17, 15) is 9.59 Å². The van der Waals surface area contributed by atoms with Gasteiger partial charge in [-0.05, 0) is 36.8 Å². The van der Waals surface area contributed by atoms with E-state index in [0.717, 1.165) is 5.56 Å². The Hall–Kier alpha value is -2.73. The highest BCUT2D eigenvalue weighted by Crippen LogP contribution is 2.31. The molecule has 0 spiro atoms. The lowest BCUT2D eigenvalue weighted by Crippen LogP contribution is -2.25. The van der Waals surface area contributed by atoms with Crippen molar-refractivity contribution in [3.05, 3.63) is 47.0 Å². The van der Waals surface area contributed by atoms with Gasteiger partial charge in [-0.25, -0.2) is 0 Å². The van der Waals surface area contributed by atoms with E-state index >= 15 is 0 Å².